The van der Waals surface area contributed by atoms with Gasteiger partial charge in [-0.05, 0) is 87.0 Å². The van der Waals surface area contributed by atoms with Crippen molar-refractivity contribution in [1.29, 1.82) is 0 Å². The monoisotopic (exact) mass is 586 g/mol. The Labute approximate surface area is 213 Å². The van der Waals surface area contributed by atoms with Gasteiger partial charge in [0.1, 0.15) is 11.5 Å². The average Bonchev–Trinajstić information content (AvgIpc) is 2.43. The summed E-state index contributed by atoms with van der Waals surface area (Å²) in [6, 6.07) is 7.12. The summed E-state index contributed by atoms with van der Waals surface area (Å²) in [6.07, 6.45) is 0. The predicted octanol–water partition coefficient (Wildman–Crippen LogP) is 5.71. The first-order valence-corrected chi connectivity index (χ1v) is 9.20. The van der Waals surface area contributed by atoms with E-state index in [2.05, 4.69) is 77.6 Å². The number of aromatic hydroxyl groups is 2. The number of benzene rings is 2. The molecule has 2 aromatic carbocycles. The van der Waals surface area contributed by atoms with Crippen LogP contribution in [0.5, 0.6) is 11.5 Å². The van der Waals surface area contributed by atoms with Gasteiger partial charge in [-0.2, -0.15) is 0 Å². The third kappa shape index (κ3) is 5.02. The molecule has 0 heterocycles. The third-order valence-corrected chi connectivity index (χ3v) is 7.65. The van der Waals surface area contributed by atoms with Crippen molar-refractivity contribution in [2.24, 2.45) is 0 Å². The number of hydrogen-bond donors (Lipinski definition) is 2. The van der Waals surface area contributed by atoms with Gasteiger partial charge in [0.15, 0.2) is 0 Å². The maximum Gasteiger partial charge on any atom is 0.146 e. The maximum absolute atomic E-state index is 10.1. The molecule has 0 fully saturated rings. The fourth-order valence-electron chi connectivity index (χ4n) is 2.19. The molecule has 2 nitrogen and oxygen atoms in total. The second-order valence-electron chi connectivity index (χ2n) is 5.15. The predicted molar refractivity (Wildman–Crippen MR) is 111 cm³/mol. The maximum atomic E-state index is 10.1. The molecule has 0 bridgehead atoms. The molecule has 2 aromatic rings. The fraction of sp³-hybridized carbons (Fsp3) is 0.200. The molecule has 0 aliphatic rings. The van der Waals surface area contributed by atoms with Crippen molar-refractivity contribution >= 4 is 123 Å². The van der Waals surface area contributed by atoms with Crippen molar-refractivity contribution < 1.29 is 10.2 Å². The number of halogens is 4. The van der Waals surface area contributed by atoms with Gasteiger partial charge in [0.25, 0.3) is 0 Å². The van der Waals surface area contributed by atoms with E-state index in [1.165, 1.54) is 0 Å². The average molecular weight is 590 g/mol. The summed E-state index contributed by atoms with van der Waals surface area (Å²) in [5, 5.41) is 19.5. The minimum Gasteiger partial charge on any atom is -0.508 e. The van der Waals surface area contributed by atoms with Gasteiger partial charge in [0.05, 0.1) is 8.95 Å². The van der Waals surface area contributed by atoms with E-state index in [1.807, 2.05) is 12.1 Å². The standard InChI is InChI=1S/C15H12Br4O2.2Na/c1-15(2,7-3-5-8(20)6-4-7)9-10(16)12(18)14(21)13(19)11(9)17;;/h3-6,20-21H,1-2H3;;. The number of rotatable bonds is 2. The van der Waals surface area contributed by atoms with Crippen molar-refractivity contribution in [2.75, 3.05) is 0 Å². The summed E-state index contributed by atoms with van der Waals surface area (Å²) in [5.74, 6) is 0.375. The first kappa shape index (κ1) is 25.0. The number of phenolic OH excluding ortho intramolecular Hbond substituents is 2. The molecule has 0 saturated heterocycles. The van der Waals surface area contributed by atoms with Crippen LogP contribution >= 0.6 is 63.7 Å². The Bertz CT molecular complexity index is 675. The Balaban J connectivity index is 0.00000242. The summed E-state index contributed by atoms with van der Waals surface area (Å²) in [5.41, 5.74) is 1.69. The molecule has 0 amide bonds. The van der Waals surface area contributed by atoms with E-state index in [9.17, 15) is 10.2 Å². The van der Waals surface area contributed by atoms with Gasteiger partial charge >= 0.3 is 0 Å². The molecule has 0 unspecified atom stereocenters. The van der Waals surface area contributed by atoms with Crippen LogP contribution in [0.4, 0.5) is 0 Å². The van der Waals surface area contributed by atoms with E-state index in [1.54, 1.807) is 12.1 Å². The normalized spacial score (nSPS) is 10.7. The molecule has 8 heteroatoms. The Morgan fingerprint density at radius 2 is 1.13 bits per heavy atom. The van der Waals surface area contributed by atoms with Gasteiger partial charge in [-0.25, -0.2) is 0 Å². The largest absolute Gasteiger partial charge is 0.508 e. The van der Waals surface area contributed by atoms with Crippen LogP contribution in [-0.4, -0.2) is 69.3 Å². The Morgan fingerprint density at radius 1 is 0.739 bits per heavy atom. The second-order valence-corrected chi connectivity index (χ2v) is 8.32. The quantitative estimate of drug-likeness (QED) is 0.348. The van der Waals surface area contributed by atoms with Gasteiger partial charge in [0, 0.05) is 73.5 Å². The van der Waals surface area contributed by atoms with Gasteiger partial charge < -0.3 is 10.2 Å². The molecule has 0 spiro atoms. The van der Waals surface area contributed by atoms with Crippen LogP contribution in [0.15, 0.2) is 42.2 Å². The van der Waals surface area contributed by atoms with Crippen LogP contribution in [0.1, 0.15) is 25.0 Å². The molecule has 114 valence electrons. The molecule has 0 aromatic heterocycles. The smallest absolute Gasteiger partial charge is 0.146 e. The number of hydrogen-bond acceptors (Lipinski definition) is 2. The second kappa shape index (κ2) is 9.77. The van der Waals surface area contributed by atoms with E-state index in [0.717, 1.165) is 20.1 Å². The van der Waals surface area contributed by atoms with Gasteiger partial charge in [-0.3, -0.25) is 0 Å². The SMILES string of the molecule is CC(C)(c1ccc(O)cc1)c1c(Br)c(Br)c(O)c(Br)c1Br.[Na].[Na]. The minimum absolute atomic E-state index is 0. The van der Waals surface area contributed by atoms with Gasteiger partial charge in [-0.15, -0.1) is 0 Å². The Hall–Kier alpha value is 1.96. The van der Waals surface area contributed by atoms with Crippen LogP contribution in [-0.2, 0) is 5.41 Å². The Morgan fingerprint density at radius 3 is 1.52 bits per heavy atom. The fourth-order valence-corrected chi connectivity index (χ4v) is 5.28. The zero-order valence-corrected chi connectivity index (χ0v) is 23.6. The van der Waals surface area contributed by atoms with Crippen LogP contribution in [0.3, 0.4) is 0 Å². The first-order chi connectivity index (χ1) is 9.67. The molecular weight excluding hydrogens is 578 g/mol. The van der Waals surface area contributed by atoms with Crippen molar-refractivity contribution in [3.63, 3.8) is 0 Å². The van der Waals surface area contributed by atoms with Crippen molar-refractivity contribution in [3.05, 3.63) is 53.3 Å². The van der Waals surface area contributed by atoms with Crippen LogP contribution in [0.25, 0.3) is 0 Å². The molecule has 2 radical (unpaired) electrons. The summed E-state index contributed by atoms with van der Waals surface area (Å²) in [7, 11) is 0. The molecule has 0 atom stereocenters. The summed E-state index contributed by atoms with van der Waals surface area (Å²) >= 11 is 13.9. The molecule has 2 N–H and O–H groups in total. The summed E-state index contributed by atoms with van der Waals surface area (Å²) in [4.78, 5) is 0. The first-order valence-electron chi connectivity index (χ1n) is 6.02. The van der Waals surface area contributed by atoms with Crippen LogP contribution in [0, 0.1) is 0 Å². The zero-order chi connectivity index (χ0) is 15.9. The van der Waals surface area contributed by atoms with Crippen LogP contribution < -0.4 is 0 Å². The van der Waals surface area contributed by atoms with E-state index < -0.39 is 0 Å². The topological polar surface area (TPSA) is 40.5 Å². The molecule has 0 aliphatic carbocycles. The summed E-state index contributed by atoms with van der Waals surface area (Å²) in [6.45, 7) is 4.17. The molecule has 23 heavy (non-hydrogen) atoms. The Kier molecular flexibility index (Phi) is 10.6. The number of phenols is 2. The van der Waals surface area contributed by atoms with E-state index in [0.29, 0.717) is 8.95 Å². The molecule has 0 aliphatic heterocycles. The third-order valence-electron chi connectivity index (χ3n) is 3.45. The van der Waals surface area contributed by atoms with E-state index in [4.69, 9.17) is 0 Å². The molecule has 0 saturated carbocycles. The van der Waals surface area contributed by atoms with Gasteiger partial charge in [0.2, 0.25) is 0 Å². The minimum atomic E-state index is -0.343. The van der Waals surface area contributed by atoms with Crippen LogP contribution in [0.2, 0.25) is 0 Å². The van der Waals surface area contributed by atoms with Crippen molar-refractivity contribution in [3.8, 4) is 11.5 Å². The summed E-state index contributed by atoms with van der Waals surface area (Å²) < 4.78 is 2.76. The van der Waals surface area contributed by atoms with Gasteiger partial charge in [-0.1, -0.05) is 26.0 Å². The van der Waals surface area contributed by atoms with E-state index in [-0.39, 0.29) is 76.0 Å². The van der Waals surface area contributed by atoms with Crippen molar-refractivity contribution in [1.82, 2.24) is 0 Å². The van der Waals surface area contributed by atoms with Crippen molar-refractivity contribution in [2.45, 2.75) is 19.3 Å². The molecule has 2 rings (SSSR count). The van der Waals surface area contributed by atoms with E-state index >= 15 is 0 Å². The zero-order valence-electron chi connectivity index (χ0n) is 13.2. The molecular formula is C15H12Br4Na2O2.